The summed E-state index contributed by atoms with van der Waals surface area (Å²) in [5, 5.41) is 2.75. The molecule has 214 valence electrons. The van der Waals surface area contributed by atoms with E-state index in [0.717, 1.165) is 31.5 Å². The molecular formula is C27H21BrF3N3O6S. The number of nitrogens with zero attached hydrogens (tertiary/aromatic N) is 1. The third-order valence-electron chi connectivity index (χ3n) is 6.06. The zero-order chi connectivity index (χ0) is 29.3. The van der Waals surface area contributed by atoms with Crippen molar-refractivity contribution in [2.45, 2.75) is 17.4 Å². The molecule has 4 aromatic rings. The van der Waals surface area contributed by atoms with Crippen LogP contribution < -0.4 is 14.8 Å². The molecule has 1 fully saturated rings. The molecule has 0 aliphatic carbocycles. The van der Waals surface area contributed by atoms with E-state index in [1.807, 2.05) is 0 Å². The van der Waals surface area contributed by atoms with Gasteiger partial charge in [-0.3, -0.25) is 4.98 Å². The number of esters is 1. The van der Waals surface area contributed by atoms with Gasteiger partial charge in [-0.2, -0.15) is 0 Å². The highest BCUT2D eigenvalue weighted by molar-refractivity contribution is 9.10. The van der Waals surface area contributed by atoms with Crippen molar-refractivity contribution < 1.29 is 40.6 Å². The van der Waals surface area contributed by atoms with Gasteiger partial charge in [-0.15, -0.1) is 0 Å². The molecule has 0 saturated carbocycles. The maximum atomic E-state index is 15.4. The Morgan fingerprint density at radius 1 is 1.05 bits per heavy atom. The minimum absolute atomic E-state index is 0.0448. The Morgan fingerprint density at radius 3 is 2.46 bits per heavy atom. The number of fused-ring (bicyclic) bond motifs is 1. The van der Waals surface area contributed by atoms with Crippen molar-refractivity contribution in [2.24, 2.45) is 0 Å². The number of hydrogen-bond donors (Lipinski definition) is 2. The van der Waals surface area contributed by atoms with Gasteiger partial charge in [0, 0.05) is 53.3 Å². The minimum Gasteiger partial charge on any atom is -0.465 e. The second-order valence-electron chi connectivity index (χ2n) is 9.03. The molecule has 1 saturated heterocycles. The first-order chi connectivity index (χ1) is 19.5. The van der Waals surface area contributed by atoms with Crippen molar-refractivity contribution in [1.29, 1.82) is 0 Å². The fraction of sp³-hybridized carbons (Fsp3) is 0.185. The summed E-state index contributed by atoms with van der Waals surface area (Å²) < 4.78 is 88.4. The molecule has 9 nitrogen and oxygen atoms in total. The van der Waals surface area contributed by atoms with Crippen LogP contribution in [-0.2, 0) is 19.5 Å². The van der Waals surface area contributed by atoms with E-state index in [0.29, 0.717) is 23.6 Å². The van der Waals surface area contributed by atoms with Crippen LogP contribution >= 0.6 is 15.9 Å². The number of nitrogens with one attached hydrogen (secondary N) is 2. The third kappa shape index (κ3) is 6.45. The topological polar surface area (TPSA) is 116 Å². The Morgan fingerprint density at radius 2 is 1.78 bits per heavy atom. The molecule has 0 radical (unpaired) electrons. The number of carbonyl (C=O) groups is 1. The summed E-state index contributed by atoms with van der Waals surface area (Å²) in [4.78, 5) is 16.2. The molecular weight excluding hydrogens is 631 g/mol. The fourth-order valence-electron chi connectivity index (χ4n) is 4.30. The smallest absolute Gasteiger partial charge is 0.338 e. The van der Waals surface area contributed by atoms with Crippen LogP contribution in [0.5, 0.6) is 11.5 Å². The number of carbonyl (C=O) groups excluding carboxylic acids is 1. The van der Waals surface area contributed by atoms with E-state index in [-0.39, 0.29) is 50.8 Å². The van der Waals surface area contributed by atoms with Gasteiger partial charge in [0.15, 0.2) is 0 Å². The molecule has 2 heterocycles. The Balaban J connectivity index is 1.64. The van der Waals surface area contributed by atoms with Crippen LogP contribution in [-0.4, -0.2) is 45.7 Å². The Kier molecular flexibility index (Phi) is 8.18. The first-order valence-corrected chi connectivity index (χ1v) is 14.3. The number of ether oxygens (including phenoxy) is 3. The van der Waals surface area contributed by atoms with Crippen molar-refractivity contribution in [1.82, 2.24) is 9.71 Å². The molecule has 5 rings (SSSR count). The SMILES string of the molecule is COC(=O)c1cc(Nc2c(S(=O)(=O)NC3CCOC3)cnc3cc(Br)cc(F)c23)cc(Oc2cc(F)cc(F)c2)c1. The van der Waals surface area contributed by atoms with Crippen LogP contribution in [0, 0.1) is 17.5 Å². The van der Waals surface area contributed by atoms with Crippen LogP contribution in [0.4, 0.5) is 24.5 Å². The number of hydrogen-bond acceptors (Lipinski definition) is 8. The molecule has 0 amide bonds. The average Bonchev–Trinajstić information content (AvgIpc) is 3.39. The van der Waals surface area contributed by atoms with E-state index in [4.69, 9.17) is 14.2 Å². The molecule has 14 heteroatoms. The summed E-state index contributed by atoms with van der Waals surface area (Å²) in [6, 6.07) is 8.64. The van der Waals surface area contributed by atoms with Crippen LogP contribution in [0.1, 0.15) is 16.8 Å². The quantitative estimate of drug-likeness (QED) is 0.230. The first-order valence-electron chi connectivity index (χ1n) is 12.0. The van der Waals surface area contributed by atoms with Gasteiger partial charge < -0.3 is 19.5 Å². The lowest BCUT2D eigenvalue weighted by atomic mass is 10.1. The summed E-state index contributed by atoms with van der Waals surface area (Å²) in [7, 11) is -3.10. The number of halogens is 4. The van der Waals surface area contributed by atoms with E-state index in [9.17, 15) is 22.0 Å². The van der Waals surface area contributed by atoms with Crippen molar-refractivity contribution >= 4 is 54.2 Å². The zero-order valence-electron chi connectivity index (χ0n) is 21.2. The fourth-order valence-corrected chi connectivity index (χ4v) is 6.08. The van der Waals surface area contributed by atoms with Crippen LogP contribution in [0.3, 0.4) is 0 Å². The summed E-state index contributed by atoms with van der Waals surface area (Å²) >= 11 is 3.21. The van der Waals surface area contributed by atoms with E-state index in [1.165, 1.54) is 24.3 Å². The molecule has 3 aromatic carbocycles. The lowest BCUT2D eigenvalue weighted by Gasteiger charge is -2.19. The normalized spacial score (nSPS) is 15.2. The van der Waals surface area contributed by atoms with Gasteiger partial charge in [0.1, 0.15) is 33.8 Å². The van der Waals surface area contributed by atoms with Gasteiger partial charge in [0.25, 0.3) is 0 Å². The van der Waals surface area contributed by atoms with Gasteiger partial charge >= 0.3 is 5.97 Å². The van der Waals surface area contributed by atoms with Crippen molar-refractivity contribution in [3.05, 3.63) is 82.2 Å². The molecule has 1 aliphatic rings. The molecule has 1 unspecified atom stereocenters. The predicted molar refractivity (Wildman–Crippen MR) is 146 cm³/mol. The summed E-state index contributed by atoms with van der Waals surface area (Å²) in [6.45, 7) is 0.558. The standard InChI is InChI=1S/C27H21BrF3N3O6S/c1-38-27(35)14-4-19(11-20(5-14)40-21-9-16(29)8-17(30)10-21)33-26-24(41(36,37)34-18-2-3-39-13-18)12-32-23-7-15(28)6-22(31)25(23)26/h4-12,18,34H,2-3,13H2,1H3,(H,32,33). The number of aromatic nitrogens is 1. The average molecular weight is 652 g/mol. The van der Waals surface area contributed by atoms with Gasteiger partial charge in [-0.05, 0) is 30.7 Å². The molecule has 0 bridgehead atoms. The lowest BCUT2D eigenvalue weighted by Crippen LogP contribution is -2.35. The summed E-state index contributed by atoms with van der Waals surface area (Å²) in [5.74, 6) is -3.58. The Labute approximate surface area is 240 Å². The second kappa shape index (κ2) is 11.6. The van der Waals surface area contributed by atoms with Crippen molar-refractivity contribution in [3.63, 3.8) is 0 Å². The molecule has 1 aliphatic heterocycles. The van der Waals surface area contributed by atoms with Crippen LogP contribution in [0.2, 0.25) is 0 Å². The lowest BCUT2D eigenvalue weighted by molar-refractivity contribution is 0.0600. The number of methoxy groups -OCH3 is 1. The van der Waals surface area contributed by atoms with E-state index < -0.39 is 39.5 Å². The van der Waals surface area contributed by atoms with Crippen molar-refractivity contribution in [2.75, 3.05) is 25.6 Å². The van der Waals surface area contributed by atoms with E-state index >= 15 is 4.39 Å². The second-order valence-corrected chi connectivity index (χ2v) is 11.6. The minimum atomic E-state index is -4.25. The third-order valence-corrected chi connectivity index (χ3v) is 8.05. The van der Waals surface area contributed by atoms with Gasteiger partial charge in [0.2, 0.25) is 10.0 Å². The van der Waals surface area contributed by atoms with Gasteiger partial charge in [-0.1, -0.05) is 15.9 Å². The Hall–Kier alpha value is -3.72. The maximum Gasteiger partial charge on any atom is 0.338 e. The summed E-state index contributed by atoms with van der Waals surface area (Å²) in [6.07, 6.45) is 1.54. The van der Waals surface area contributed by atoms with Crippen LogP contribution in [0.25, 0.3) is 10.9 Å². The van der Waals surface area contributed by atoms with Crippen molar-refractivity contribution in [3.8, 4) is 11.5 Å². The van der Waals surface area contributed by atoms with Crippen LogP contribution in [0.15, 0.2) is 64.1 Å². The molecule has 2 N–H and O–H groups in total. The molecule has 1 aromatic heterocycles. The molecule has 41 heavy (non-hydrogen) atoms. The number of rotatable bonds is 8. The Bertz CT molecular complexity index is 1750. The number of pyridine rings is 1. The van der Waals surface area contributed by atoms with Gasteiger partial charge in [0.05, 0.1) is 35.9 Å². The highest BCUT2D eigenvalue weighted by atomic mass is 79.9. The van der Waals surface area contributed by atoms with Gasteiger partial charge in [-0.25, -0.2) is 31.1 Å². The molecule has 0 spiro atoms. The summed E-state index contributed by atoms with van der Waals surface area (Å²) in [5.41, 5.74) is 0.00127. The molecule has 1 atom stereocenters. The number of sulfonamides is 1. The highest BCUT2D eigenvalue weighted by Gasteiger charge is 2.28. The largest absolute Gasteiger partial charge is 0.465 e. The maximum absolute atomic E-state index is 15.4. The number of benzene rings is 3. The van der Waals surface area contributed by atoms with E-state index in [2.05, 4.69) is 31.0 Å². The first kappa shape index (κ1) is 28.8. The highest BCUT2D eigenvalue weighted by Crippen LogP contribution is 2.37. The predicted octanol–water partition coefficient (Wildman–Crippen LogP) is 5.80. The van der Waals surface area contributed by atoms with E-state index in [1.54, 1.807) is 0 Å². The number of anilines is 2. The monoisotopic (exact) mass is 651 g/mol. The zero-order valence-corrected chi connectivity index (χ0v) is 23.6.